The van der Waals surface area contributed by atoms with Gasteiger partial charge in [0.15, 0.2) is 11.5 Å². The molecule has 0 unspecified atom stereocenters. The highest BCUT2D eigenvalue weighted by molar-refractivity contribution is 7.98. The molecule has 1 spiro atoms. The molecule has 3 N–H and O–H groups in total. The van der Waals surface area contributed by atoms with E-state index < -0.39 is 4.92 Å². The van der Waals surface area contributed by atoms with Crippen LogP contribution in [0.5, 0.6) is 23.0 Å². The average molecular weight is 819 g/mol. The van der Waals surface area contributed by atoms with Crippen molar-refractivity contribution in [1.29, 1.82) is 0 Å². The number of nitrogens with zero attached hydrogens (tertiary/aromatic N) is 5. The third-order valence-electron chi connectivity index (χ3n) is 12.6. The third-order valence-corrected chi connectivity index (χ3v) is 13.4. The van der Waals surface area contributed by atoms with Crippen LogP contribution >= 0.6 is 11.9 Å². The highest BCUT2D eigenvalue weighted by atomic mass is 32.2. The fourth-order valence-corrected chi connectivity index (χ4v) is 9.95. The number of carbonyl (C=O) groups excluding carboxylic acids is 1. The van der Waals surface area contributed by atoms with Gasteiger partial charge >= 0.3 is 0 Å². The molecule has 14 nitrogen and oxygen atoms in total. The number of rotatable bonds is 12. The van der Waals surface area contributed by atoms with Crippen LogP contribution < -0.4 is 29.1 Å². The Labute approximate surface area is 347 Å². The average Bonchev–Trinajstić information content (AvgIpc) is 3.73. The topological polar surface area (TPSA) is 150 Å². The highest BCUT2D eigenvalue weighted by Crippen LogP contribution is 2.52. The van der Waals surface area contributed by atoms with E-state index in [2.05, 4.69) is 46.8 Å². The number of benzene rings is 3. The summed E-state index contributed by atoms with van der Waals surface area (Å²) < 4.78 is 20.9. The van der Waals surface area contributed by atoms with Crippen molar-refractivity contribution in [2.75, 3.05) is 70.2 Å². The molecule has 1 amide bonds. The maximum absolute atomic E-state index is 13.7. The summed E-state index contributed by atoms with van der Waals surface area (Å²) in [5.41, 5.74) is 5.40. The van der Waals surface area contributed by atoms with Gasteiger partial charge in [-0.25, -0.2) is 4.98 Å². The molecule has 4 aliphatic rings. The van der Waals surface area contributed by atoms with Crippen molar-refractivity contribution >= 4 is 46.0 Å². The Morgan fingerprint density at radius 2 is 1.86 bits per heavy atom. The molecule has 0 radical (unpaired) electrons. The number of hydrogen-bond acceptors (Lipinski definition) is 12. The number of piperidine rings is 1. The molecule has 5 aromatic rings. The van der Waals surface area contributed by atoms with Crippen LogP contribution in [0.4, 0.5) is 17.1 Å². The lowest BCUT2D eigenvalue weighted by Gasteiger charge is -2.56. The van der Waals surface area contributed by atoms with Crippen LogP contribution in [0, 0.1) is 15.5 Å². The van der Waals surface area contributed by atoms with E-state index in [4.69, 9.17) is 14.2 Å². The normalized spacial score (nSPS) is 18.2. The molecule has 1 aliphatic carbocycles. The van der Waals surface area contributed by atoms with Crippen LogP contribution in [0.2, 0.25) is 0 Å². The molecule has 15 heteroatoms. The van der Waals surface area contributed by atoms with Gasteiger partial charge in [-0.1, -0.05) is 6.07 Å². The standard InChI is InChI=1S/C44H50N8O6S/c1-45-37-8-6-35(24-38(37)52(54)55)59-48-43(53)36-7-5-32(23-39(36)58-34-22-31-9-12-46-42(31)47-27-34)50-13-10-44(11-14-50)25-33(26-44)51-17-15-49(16-18-51)28-29-20-30-4-3-19-57-41(30)40(21-29)56-2/h5-9,12,20-24,27,33,45H,3-4,10-11,13-19,25-26,28H2,1-2H3,(H,46,47)(H,48,53). The van der Waals surface area contributed by atoms with Crippen LogP contribution in [0.15, 0.2) is 78.0 Å². The van der Waals surface area contributed by atoms with E-state index in [0.717, 1.165) is 118 Å². The lowest BCUT2D eigenvalue weighted by molar-refractivity contribution is -0.384. The number of fused-ring (bicyclic) bond motifs is 2. The summed E-state index contributed by atoms with van der Waals surface area (Å²) in [4.78, 5) is 40.7. The van der Waals surface area contributed by atoms with Gasteiger partial charge in [0.2, 0.25) is 0 Å². The SMILES string of the molecule is CNc1ccc(SNC(=O)c2ccc(N3CCC4(CC3)CC(N3CCN(Cc5cc6c(c(OC)c5)OCCC6)CC3)C4)cc2Oc2cnc3[nH]ccc3c2)cc1[N+](=O)[O-]. The second kappa shape index (κ2) is 16.6. The maximum atomic E-state index is 13.7. The summed E-state index contributed by atoms with van der Waals surface area (Å²) in [5, 5.41) is 15.3. The number of amides is 1. The number of nitrogens with one attached hydrogen (secondary N) is 3. The Kier molecular flexibility index (Phi) is 11.0. The number of anilines is 2. The van der Waals surface area contributed by atoms with Crippen molar-refractivity contribution in [3.05, 3.63) is 99.9 Å². The number of methoxy groups -OCH3 is 1. The molecular formula is C44H50N8O6S. The minimum atomic E-state index is -0.446. The Morgan fingerprint density at radius 3 is 2.64 bits per heavy atom. The predicted octanol–water partition coefficient (Wildman–Crippen LogP) is 7.64. The molecular weight excluding hydrogens is 769 g/mol. The number of aryl methyl sites for hydroxylation is 1. The van der Waals surface area contributed by atoms with Crippen molar-refractivity contribution in [3.63, 3.8) is 0 Å². The first kappa shape index (κ1) is 39.0. The van der Waals surface area contributed by atoms with Gasteiger partial charge in [0.1, 0.15) is 22.8 Å². The van der Waals surface area contributed by atoms with Gasteiger partial charge in [-0.15, -0.1) is 0 Å². The fourth-order valence-electron chi connectivity index (χ4n) is 9.32. The van der Waals surface area contributed by atoms with Crippen molar-refractivity contribution < 1.29 is 23.9 Å². The highest BCUT2D eigenvalue weighted by Gasteiger charge is 2.48. The molecule has 308 valence electrons. The van der Waals surface area contributed by atoms with E-state index >= 15 is 0 Å². The van der Waals surface area contributed by atoms with Gasteiger partial charge in [-0.2, -0.15) is 0 Å². The summed E-state index contributed by atoms with van der Waals surface area (Å²) >= 11 is 1.02. The number of H-pyrrole nitrogens is 1. The van der Waals surface area contributed by atoms with Crippen LogP contribution in [0.3, 0.4) is 0 Å². The molecule has 9 rings (SSSR count). The molecule has 0 bridgehead atoms. The number of carbonyl (C=O) groups is 1. The van der Waals surface area contributed by atoms with E-state index in [9.17, 15) is 14.9 Å². The first-order chi connectivity index (χ1) is 28.8. The van der Waals surface area contributed by atoms with E-state index in [1.807, 2.05) is 30.5 Å². The largest absolute Gasteiger partial charge is 0.493 e. The summed E-state index contributed by atoms with van der Waals surface area (Å²) in [6.07, 6.45) is 10.3. The number of aromatic nitrogens is 2. The number of ether oxygens (including phenoxy) is 3. The summed E-state index contributed by atoms with van der Waals surface area (Å²) in [7, 11) is 3.36. The Hall–Kier alpha value is -5.51. The first-order valence-corrected chi connectivity index (χ1v) is 21.3. The van der Waals surface area contributed by atoms with Gasteiger partial charge in [0, 0.05) is 93.2 Å². The first-order valence-electron chi connectivity index (χ1n) is 20.5. The monoisotopic (exact) mass is 818 g/mol. The molecule has 3 fully saturated rings. The Morgan fingerprint density at radius 1 is 1.03 bits per heavy atom. The molecule has 0 atom stereocenters. The zero-order valence-corrected chi connectivity index (χ0v) is 34.3. The van der Waals surface area contributed by atoms with Crippen LogP contribution in [0.25, 0.3) is 11.0 Å². The number of nitro groups is 1. The maximum Gasteiger partial charge on any atom is 0.293 e. The fraction of sp³-hybridized carbons (Fsp3) is 0.409. The number of pyridine rings is 1. The molecule has 5 heterocycles. The molecule has 3 aliphatic heterocycles. The van der Waals surface area contributed by atoms with Crippen LogP contribution in [-0.4, -0.2) is 96.7 Å². The zero-order chi connectivity index (χ0) is 40.5. The number of piperazine rings is 1. The zero-order valence-electron chi connectivity index (χ0n) is 33.5. The van der Waals surface area contributed by atoms with Gasteiger partial charge in [0.05, 0.1) is 30.4 Å². The molecule has 2 saturated heterocycles. The van der Waals surface area contributed by atoms with E-state index in [0.29, 0.717) is 39.1 Å². The molecule has 2 aromatic heterocycles. The Bertz CT molecular complexity index is 2330. The van der Waals surface area contributed by atoms with E-state index in [1.54, 1.807) is 38.6 Å². The second-order valence-electron chi connectivity index (χ2n) is 16.2. The third kappa shape index (κ3) is 8.23. The van der Waals surface area contributed by atoms with Gasteiger partial charge in [0.25, 0.3) is 11.6 Å². The Balaban J connectivity index is 0.818. The van der Waals surface area contributed by atoms with Gasteiger partial charge in [-0.05, 0) is 109 Å². The van der Waals surface area contributed by atoms with E-state index in [-0.39, 0.29) is 11.6 Å². The smallest absolute Gasteiger partial charge is 0.293 e. The van der Waals surface area contributed by atoms with Crippen LogP contribution in [-0.2, 0) is 13.0 Å². The molecule has 3 aromatic carbocycles. The van der Waals surface area contributed by atoms with Crippen molar-refractivity contribution in [2.24, 2.45) is 5.41 Å². The second-order valence-corrected chi connectivity index (χ2v) is 17.1. The van der Waals surface area contributed by atoms with Gasteiger partial charge in [-0.3, -0.25) is 29.4 Å². The number of hydrogen-bond donors (Lipinski definition) is 3. The lowest BCUT2D eigenvalue weighted by Crippen LogP contribution is -2.59. The lowest BCUT2D eigenvalue weighted by atomic mass is 9.60. The predicted molar refractivity (Wildman–Crippen MR) is 229 cm³/mol. The summed E-state index contributed by atoms with van der Waals surface area (Å²) in [5.74, 6) is 2.34. The van der Waals surface area contributed by atoms with Gasteiger partial charge < -0.3 is 29.4 Å². The summed E-state index contributed by atoms with van der Waals surface area (Å²) in [6, 6.07) is 19.5. The van der Waals surface area contributed by atoms with Crippen molar-refractivity contribution in [2.45, 2.75) is 56.0 Å². The van der Waals surface area contributed by atoms with Crippen molar-refractivity contribution in [1.82, 2.24) is 24.5 Å². The minimum Gasteiger partial charge on any atom is -0.493 e. The quantitative estimate of drug-likeness (QED) is 0.0645. The summed E-state index contributed by atoms with van der Waals surface area (Å²) in [6.45, 7) is 7.94. The van der Waals surface area contributed by atoms with Crippen molar-refractivity contribution in [3.8, 4) is 23.0 Å². The minimum absolute atomic E-state index is 0.0677. The molecule has 59 heavy (non-hydrogen) atoms. The molecule has 1 saturated carbocycles. The number of nitro benzene ring substituents is 1. The number of aromatic amines is 1. The van der Waals surface area contributed by atoms with Crippen LogP contribution in [0.1, 0.15) is 53.6 Å². The van der Waals surface area contributed by atoms with E-state index in [1.165, 1.54) is 30.0 Å².